The molecule has 0 aromatic rings. The summed E-state index contributed by atoms with van der Waals surface area (Å²) in [5.41, 5.74) is -0.648. The largest absolute Gasteiger partial charge is 0.382 e. The van der Waals surface area contributed by atoms with Gasteiger partial charge >= 0.3 is 0 Å². The van der Waals surface area contributed by atoms with Crippen molar-refractivity contribution in [3.05, 3.63) is 12.2 Å². The Bertz CT molecular complexity index is 253. The summed E-state index contributed by atoms with van der Waals surface area (Å²) in [5.74, 6) is -8.08. The Morgan fingerprint density at radius 1 is 1.25 bits per heavy atom. The first-order valence-electron chi connectivity index (χ1n) is 3.04. The predicted octanol–water partition coefficient (Wildman–Crippen LogP) is -3.15. The molecule has 6 heteroatoms. The number of carbonyl (C=O) groups is 1. The van der Waals surface area contributed by atoms with Crippen molar-refractivity contribution in [1.29, 1.82) is 0 Å². The van der Waals surface area contributed by atoms with Gasteiger partial charge in [0.1, 0.15) is 6.10 Å². The van der Waals surface area contributed by atoms with Crippen LogP contribution in [0.25, 0.3) is 0 Å². The van der Waals surface area contributed by atoms with E-state index in [-0.39, 0.29) is 0 Å². The normalized spacial score (nSPS) is 32.6. The lowest BCUT2D eigenvalue weighted by Gasteiger charge is -2.27. The summed E-state index contributed by atoms with van der Waals surface area (Å²) in [6.45, 7) is 2.97. The molecule has 1 aliphatic carbocycles. The smallest absolute Gasteiger partial charge is 0.287 e. The first-order chi connectivity index (χ1) is 5.23. The number of rotatable bonds is 0. The molecule has 1 saturated carbocycles. The van der Waals surface area contributed by atoms with Gasteiger partial charge in [-0.1, -0.05) is 6.58 Å². The molecule has 1 atom stereocenters. The molecule has 1 rings (SSSR count). The van der Waals surface area contributed by atoms with Gasteiger partial charge in [0.2, 0.25) is 5.78 Å². The zero-order valence-corrected chi connectivity index (χ0v) is 5.93. The number of ketones is 1. The molecule has 0 spiro atoms. The lowest BCUT2D eigenvalue weighted by atomic mass is 10.1. The quantitative estimate of drug-likeness (QED) is 0.196. The monoisotopic (exact) mass is 176 g/mol. The Morgan fingerprint density at radius 3 is 1.75 bits per heavy atom. The molecule has 1 unspecified atom stereocenters. The summed E-state index contributed by atoms with van der Waals surface area (Å²) in [4.78, 5) is 10.8. The topological polar surface area (TPSA) is 118 Å². The van der Waals surface area contributed by atoms with Gasteiger partial charge in [-0.3, -0.25) is 4.79 Å². The molecular weight excluding hydrogens is 168 g/mol. The molecule has 0 radical (unpaired) electrons. The second-order valence-electron chi connectivity index (χ2n) is 2.66. The van der Waals surface area contributed by atoms with Crippen LogP contribution in [0.4, 0.5) is 0 Å². The van der Waals surface area contributed by atoms with Crippen molar-refractivity contribution in [2.24, 2.45) is 0 Å². The molecule has 0 heterocycles. The molecule has 1 aliphatic rings. The van der Waals surface area contributed by atoms with Gasteiger partial charge in [-0.2, -0.15) is 0 Å². The number of aliphatic hydroxyl groups excluding tert-OH is 1. The van der Waals surface area contributed by atoms with E-state index in [1.165, 1.54) is 0 Å². The molecule has 12 heavy (non-hydrogen) atoms. The fraction of sp³-hybridized carbons (Fsp3) is 0.500. The van der Waals surface area contributed by atoms with Crippen molar-refractivity contribution in [2.75, 3.05) is 0 Å². The third-order valence-electron chi connectivity index (χ3n) is 1.83. The van der Waals surface area contributed by atoms with Crippen molar-refractivity contribution >= 4 is 5.78 Å². The van der Waals surface area contributed by atoms with Crippen molar-refractivity contribution in [2.45, 2.75) is 17.7 Å². The number of hydrogen-bond donors (Lipinski definition) is 5. The molecule has 1 fully saturated rings. The molecule has 5 N–H and O–H groups in total. The Kier molecular flexibility index (Phi) is 1.64. The van der Waals surface area contributed by atoms with Crippen LogP contribution >= 0.6 is 0 Å². The van der Waals surface area contributed by atoms with E-state index in [2.05, 4.69) is 6.58 Å². The van der Waals surface area contributed by atoms with E-state index in [1.54, 1.807) is 0 Å². The molecule has 0 amide bonds. The highest BCUT2D eigenvalue weighted by Gasteiger charge is 2.66. The fourth-order valence-corrected chi connectivity index (χ4v) is 0.949. The molecule has 0 aliphatic heterocycles. The SMILES string of the molecule is C=C1C(=O)C(O)(O)C(O)(O)C1O. The molecule has 68 valence electrons. The Hall–Kier alpha value is -0.790. The average molecular weight is 176 g/mol. The van der Waals surface area contributed by atoms with E-state index in [9.17, 15) is 4.79 Å². The predicted molar refractivity (Wildman–Crippen MR) is 34.5 cm³/mol. The number of hydrogen-bond acceptors (Lipinski definition) is 6. The first-order valence-corrected chi connectivity index (χ1v) is 3.04. The summed E-state index contributed by atoms with van der Waals surface area (Å²) in [6, 6.07) is 0. The molecular formula is C6H8O6. The van der Waals surface area contributed by atoms with Crippen LogP contribution in [0.3, 0.4) is 0 Å². The third kappa shape index (κ3) is 0.780. The highest BCUT2D eigenvalue weighted by Crippen LogP contribution is 2.35. The second kappa shape index (κ2) is 2.12. The van der Waals surface area contributed by atoms with E-state index in [1.807, 2.05) is 0 Å². The minimum atomic E-state index is -3.39. The average Bonchev–Trinajstić information content (AvgIpc) is 2.05. The Balaban J connectivity index is 3.24. The molecule has 0 aromatic heterocycles. The summed E-state index contributed by atoms with van der Waals surface area (Å²) in [7, 11) is 0. The van der Waals surface area contributed by atoms with Gasteiger partial charge < -0.3 is 25.5 Å². The van der Waals surface area contributed by atoms with Gasteiger partial charge in [0.15, 0.2) is 0 Å². The minimum Gasteiger partial charge on any atom is -0.382 e. The highest BCUT2D eigenvalue weighted by atomic mass is 16.6. The number of Topliss-reactive ketones (excluding diaryl/α,β-unsaturated/α-hetero) is 1. The Morgan fingerprint density at radius 2 is 1.67 bits per heavy atom. The Labute approximate surface area is 67.0 Å². The van der Waals surface area contributed by atoms with Crippen LogP contribution in [-0.4, -0.2) is 49.0 Å². The fourth-order valence-electron chi connectivity index (χ4n) is 0.949. The summed E-state index contributed by atoms with van der Waals surface area (Å²) < 4.78 is 0. The molecule has 0 aromatic carbocycles. The van der Waals surface area contributed by atoms with Gasteiger partial charge in [-0.15, -0.1) is 0 Å². The maximum absolute atomic E-state index is 10.8. The van der Waals surface area contributed by atoms with Gasteiger partial charge in [0.05, 0.1) is 0 Å². The standard InChI is InChI=1S/C6H8O6/c1-2-3(7)5(9,10)6(11,12)4(2)8/h3,7,9-12H,1H2. The number of aliphatic hydroxyl groups is 5. The summed E-state index contributed by atoms with van der Waals surface area (Å²) in [5, 5.41) is 44.2. The first kappa shape index (κ1) is 9.30. The maximum Gasteiger partial charge on any atom is 0.287 e. The maximum atomic E-state index is 10.8. The zero-order valence-electron chi connectivity index (χ0n) is 5.93. The van der Waals surface area contributed by atoms with E-state index in [4.69, 9.17) is 25.5 Å². The van der Waals surface area contributed by atoms with Crippen molar-refractivity contribution < 1.29 is 30.3 Å². The third-order valence-corrected chi connectivity index (χ3v) is 1.83. The number of carbonyl (C=O) groups excluding carboxylic acids is 1. The van der Waals surface area contributed by atoms with Crippen LogP contribution in [0.5, 0.6) is 0 Å². The lowest BCUT2D eigenvalue weighted by Crippen LogP contribution is -2.58. The lowest BCUT2D eigenvalue weighted by molar-refractivity contribution is -0.345. The van der Waals surface area contributed by atoms with Crippen LogP contribution in [0, 0.1) is 0 Å². The van der Waals surface area contributed by atoms with Gasteiger partial charge in [0, 0.05) is 5.57 Å². The summed E-state index contributed by atoms with van der Waals surface area (Å²) >= 11 is 0. The zero-order chi connectivity index (χ0) is 9.73. The van der Waals surface area contributed by atoms with E-state index in [0.29, 0.717) is 0 Å². The van der Waals surface area contributed by atoms with Crippen LogP contribution in [0.15, 0.2) is 12.2 Å². The molecule has 6 nitrogen and oxygen atoms in total. The minimum absolute atomic E-state index is 0.648. The van der Waals surface area contributed by atoms with E-state index < -0.39 is 29.0 Å². The van der Waals surface area contributed by atoms with Crippen LogP contribution in [0.2, 0.25) is 0 Å². The van der Waals surface area contributed by atoms with Gasteiger partial charge in [-0.05, 0) is 0 Å². The van der Waals surface area contributed by atoms with Crippen molar-refractivity contribution in [3.8, 4) is 0 Å². The highest BCUT2D eigenvalue weighted by molar-refractivity contribution is 6.04. The van der Waals surface area contributed by atoms with E-state index >= 15 is 0 Å². The van der Waals surface area contributed by atoms with Crippen molar-refractivity contribution in [3.63, 3.8) is 0 Å². The van der Waals surface area contributed by atoms with Crippen LogP contribution < -0.4 is 0 Å². The van der Waals surface area contributed by atoms with Crippen LogP contribution in [0.1, 0.15) is 0 Å². The van der Waals surface area contributed by atoms with E-state index in [0.717, 1.165) is 0 Å². The van der Waals surface area contributed by atoms with Crippen molar-refractivity contribution in [1.82, 2.24) is 0 Å². The van der Waals surface area contributed by atoms with Gasteiger partial charge in [0.25, 0.3) is 11.6 Å². The van der Waals surface area contributed by atoms with Crippen LogP contribution in [-0.2, 0) is 4.79 Å². The second-order valence-corrected chi connectivity index (χ2v) is 2.66. The van der Waals surface area contributed by atoms with Gasteiger partial charge in [-0.25, -0.2) is 0 Å². The summed E-state index contributed by atoms with van der Waals surface area (Å²) in [6.07, 6.45) is -2.08. The molecule has 0 saturated heterocycles. The molecule has 0 bridgehead atoms.